The molecule has 1 N–H and O–H groups in total. The summed E-state index contributed by atoms with van der Waals surface area (Å²) in [6.45, 7) is 8.66. The predicted molar refractivity (Wildman–Crippen MR) is 81.1 cm³/mol. The van der Waals surface area contributed by atoms with E-state index >= 15 is 0 Å². The second kappa shape index (κ2) is 5.85. The highest BCUT2D eigenvalue weighted by atomic mass is 19.1. The van der Waals surface area contributed by atoms with Crippen molar-refractivity contribution in [3.63, 3.8) is 0 Å². The first-order valence-electron chi connectivity index (χ1n) is 7.72. The predicted octanol–water partition coefficient (Wildman–Crippen LogP) is 4.50. The molecular formula is C18H27FO. The first-order chi connectivity index (χ1) is 9.29. The van der Waals surface area contributed by atoms with Gasteiger partial charge < -0.3 is 5.11 Å². The van der Waals surface area contributed by atoms with E-state index in [0.29, 0.717) is 11.8 Å². The van der Waals surface area contributed by atoms with Crippen LogP contribution in [0.4, 0.5) is 4.39 Å². The maximum Gasteiger partial charge on any atom is 0.123 e. The summed E-state index contributed by atoms with van der Waals surface area (Å²) in [6.07, 6.45) is 3.77. The summed E-state index contributed by atoms with van der Waals surface area (Å²) in [5, 5.41) is 10.4. The van der Waals surface area contributed by atoms with Crippen LogP contribution in [-0.2, 0) is 6.42 Å². The van der Waals surface area contributed by atoms with Gasteiger partial charge in [0.05, 0.1) is 6.10 Å². The third kappa shape index (κ3) is 3.41. The van der Waals surface area contributed by atoms with Gasteiger partial charge in [-0.1, -0.05) is 33.3 Å². The third-order valence-electron chi connectivity index (χ3n) is 5.04. The Morgan fingerprint density at radius 2 is 2.00 bits per heavy atom. The highest BCUT2D eigenvalue weighted by Crippen LogP contribution is 2.42. The van der Waals surface area contributed by atoms with Crippen molar-refractivity contribution >= 4 is 0 Å². The standard InChI is InChI=1S/C18H27FO/c1-12-5-8-16(17(20)9-12)18(3,4)11-14-10-15(19)7-6-13(14)2/h6-7,10,12,16-17,20H,5,8-9,11H2,1-4H3. The SMILES string of the molecule is Cc1ccc(F)cc1CC(C)(C)C1CCC(C)CC1O. The van der Waals surface area contributed by atoms with E-state index in [0.717, 1.165) is 30.4 Å². The second-order valence-corrected chi connectivity index (χ2v) is 7.33. The molecule has 3 unspecified atom stereocenters. The highest BCUT2D eigenvalue weighted by Gasteiger charge is 2.38. The molecule has 1 aromatic rings. The Morgan fingerprint density at radius 3 is 2.65 bits per heavy atom. The average molecular weight is 278 g/mol. The molecule has 1 saturated carbocycles. The van der Waals surface area contributed by atoms with Crippen molar-refractivity contribution in [1.29, 1.82) is 0 Å². The monoisotopic (exact) mass is 278 g/mol. The fraction of sp³-hybridized carbons (Fsp3) is 0.667. The summed E-state index contributed by atoms with van der Waals surface area (Å²) in [7, 11) is 0. The lowest BCUT2D eigenvalue weighted by molar-refractivity contribution is -0.0126. The lowest BCUT2D eigenvalue weighted by Crippen LogP contribution is -2.39. The lowest BCUT2D eigenvalue weighted by atomic mass is 9.65. The Morgan fingerprint density at radius 1 is 1.30 bits per heavy atom. The van der Waals surface area contributed by atoms with Crippen LogP contribution in [0.3, 0.4) is 0 Å². The van der Waals surface area contributed by atoms with Gasteiger partial charge in [0.2, 0.25) is 0 Å². The molecule has 1 nitrogen and oxygen atoms in total. The molecular weight excluding hydrogens is 251 g/mol. The number of benzene rings is 1. The molecule has 0 heterocycles. The van der Waals surface area contributed by atoms with Crippen LogP contribution in [0.1, 0.15) is 51.2 Å². The first kappa shape index (κ1) is 15.5. The molecule has 2 rings (SSSR count). The second-order valence-electron chi connectivity index (χ2n) is 7.33. The Labute approximate surface area is 122 Å². The normalized spacial score (nSPS) is 27.6. The molecule has 2 heteroatoms. The molecule has 0 amide bonds. The molecule has 0 aromatic heterocycles. The molecule has 1 aliphatic rings. The summed E-state index contributed by atoms with van der Waals surface area (Å²) in [4.78, 5) is 0. The molecule has 0 spiro atoms. The molecule has 112 valence electrons. The highest BCUT2D eigenvalue weighted by molar-refractivity contribution is 5.27. The molecule has 0 radical (unpaired) electrons. The molecule has 1 aromatic carbocycles. The summed E-state index contributed by atoms with van der Waals surface area (Å²) in [5.41, 5.74) is 2.21. The summed E-state index contributed by atoms with van der Waals surface area (Å²) >= 11 is 0. The number of aliphatic hydroxyl groups excluding tert-OH is 1. The van der Waals surface area contributed by atoms with Gasteiger partial charge in [0.25, 0.3) is 0 Å². The molecule has 20 heavy (non-hydrogen) atoms. The minimum atomic E-state index is -0.220. The van der Waals surface area contributed by atoms with Gasteiger partial charge in [-0.3, -0.25) is 0 Å². The Balaban J connectivity index is 2.16. The smallest absolute Gasteiger partial charge is 0.123 e. The fourth-order valence-corrected chi connectivity index (χ4v) is 3.71. The van der Waals surface area contributed by atoms with Crippen molar-refractivity contribution in [2.75, 3.05) is 0 Å². The molecule has 1 aliphatic carbocycles. The van der Waals surface area contributed by atoms with Crippen molar-refractivity contribution in [2.45, 2.75) is 59.5 Å². The van der Waals surface area contributed by atoms with Crippen LogP contribution in [0.5, 0.6) is 0 Å². The summed E-state index contributed by atoms with van der Waals surface area (Å²) in [6, 6.07) is 5.01. The van der Waals surface area contributed by atoms with Crippen LogP contribution in [-0.4, -0.2) is 11.2 Å². The number of aliphatic hydroxyl groups is 1. The van der Waals surface area contributed by atoms with Gasteiger partial charge in [0, 0.05) is 0 Å². The van der Waals surface area contributed by atoms with Crippen LogP contribution < -0.4 is 0 Å². The van der Waals surface area contributed by atoms with Gasteiger partial charge in [0.1, 0.15) is 5.82 Å². The molecule has 1 fully saturated rings. The molecule has 3 atom stereocenters. The quantitative estimate of drug-likeness (QED) is 0.863. The lowest BCUT2D eigenvalue weighted by Gasteiger charge is -2.42. The van der Waals surface area contributed by atoms with Crippen molar-refractivity contribution in [1.82, 2.24) is 0 Å². The molecule has 0 saturated heterocycles. The minimum absolute atomic E-state index is 0.00188. The molecule has 0 aliphatic heterocycles. The van der Waals surface area contributed by atoms with E-state index in [1.807, 2.05) is 13.0 Å². The zero-order valence-corrected chi connectivity index (χ0v) is 13.1. The zero-order chi connectivity index (χ0) is 14.9. The van der Waals surface area contributed by atoms with E-state index in [2.05, 4.69) is 20.8 Å². The summed E-state index contributed by atoms with van der Waals surface area (Å²) in [5.74, 6) is 0.758. The average Bonchev–Trinajstić information content (AvgIpc) is 2.33. The van der Waals surface area contributed by atoms with E-state index in [4.69, 9.17) is 0 Å². The van der Waals surface area contributed by atoms with E-state index in [-0.39, 0.29) is 17.3 Å². The maximum absolute atomic E-state index is 13.4. The van der Waals surface area contributed by atoms with E-state index in [1.165, 1.54) is 12.5 Å². The largest absolute Gasteiger partial charge is 0.393 e. The first-order valence-corrected chi connectivity index (χ1v) is 7.72. The van der Waals surface area contributed by atoms with Crippen LogP contribution in [0.15, 0.2) is 18.2 Å². The minimum Gasteiger partial charge on any atom is -0.393 e. The van der Waals surface area contributed by atoms with Gasteiger partial charge in [0.15, 0.2) is 0 Å². The van der Waals surface area contributed by atoms with Gasteiger partial charge in [-0.05, 0) is 66.7 Å². The number of aryl methyl sites for hydroxylation is 1. The van der Waals surface area contributed by atoms with Crippen molar-refractivity contribution in [2.24, 2.45) is 17.3 Å². The van der Waals surface area contributed by atoms with Crippen molar-refractivity contribution < 1.29 is 9.50 Å². The number of rotatable bonds is 3. The van der Waals surface area contributed by atoms with Gasteiger partial charge in [-0.25, -0.2) is 4.39 Å². The Kier molecular flexibility index (Phi) is 4.53. The molecule has 0 bridgehead atoms. The maximum atomic E-state index is 13.4. The van der Waals surface area contributed by atoms with Gasteiger partial charge >= 0.3 is 0 Å². The number of hydrogen-bond donors (Lipinski definition) is 1. The van der Waals surface area contributed by atoms with Crippen LogP contribution in [0.25, 0.3) is 0 Å². The Hall–Kier alpha value is -0.890. The number of halogens is 1. The Bertz CT molecular complexity index is 466. The summed E-state index contributed by atoms with van der Waals surface area (Å²) < 4.78 is 13.4. The van der Waals surface area contributed by atoms with Crippen molar-refractivity contribution in [3.8, 4) is 0 Å². The zero-order valence-electron chi connectivity index (χ0n) is 13.1. The third-order valence-corrected chi connectivity index (χ3v) is 5.04. The fourth-order valence-electron chi connectivity index (χ4n) is 3.71. The topological polar surface area (TPSA) is 20.2 Å². The van der Waals surface area contributed by atoms with Crippen LogP contribution in [0.2, 0.25) is 0 Å². The van der Waals surface area contributed by atoms with E-state index in [1.54, 1.807) is 6.07 Å². The van der Waals surface area contributed by atoms with Crippen molar-refractivity contribution in [3.05, 3.63) is 35.1 Å². The van der Waals surface area contributed by atoms with Gasteiger partial charge in [-0.2, -0.15) is 0 Å². The van der Waals surface area contributed by atoms with E-state index < -0.39 is 0 Å². The van der Waals surface area contributed by atoms with Crippen LogP contribution >= 0.6 is 0 Å². The van der Waals surface area contributed by atoms with Crippen LogP contribution in [0, 0.1) is 30.0 Å². The number of hydrogen-bond acceptors (Lipinski definition) is 1. The van der Waals surface area contributed by atoms with Gasteiger partial charge in [-0.15, -0.1) is 0 Å². The van der Waals surface area contributed by atoms with E-state index in [9.17, 15) is 9.50 Å².